The summed E-state index contributed by atoms with van der Waals surface area (Å²) in [7, 11) is 0. The molecule has 0 bridgehead atoms. The standard InChI is InChI=1S/C25H22FNO5/c1-16(19-6-11-22-23(14-19)31-13-12-30-22)27-24(28)15-32-21-9-4-18(5-10-21)25(29)17-2-7-20(26)8-3-17/h2-11,14,16H,12-13,15H2,1H3,(H,27,28). The van der Waals surface area contributed by atoms with Gasteiger partial charge in [-0.15, -0.1) is 0 Å². The molecule has 164 valence electrons. The molecular formula is C25H22FNO5. The number of carbonyl (C=O) groups excluding carboxylic acids is 2. The van der Waals surface area contributed by atoms with Gasteiger partial charge in [0.05, 0.1) is 6.04 Å². The normalized spacial score (nSPS) is 13.2. The second-order valence-electron chi connectivity index (χ2n) is 7.34. The lowest BCUT2D eigenvalue weighted by molar-refractivity contribution is -0.123. The Morgan fingerprint density at radius 3 is 2.25 bits per heavy atom. The van der Waals surface area contributed by atoms with Gasteiger partial charge < -0.3 is 19.5 Å². The first kappa shape index (κ1) is 21.4. The molecule has 0 spiro atoms. The summed E-state index contributed by atoms with van der Waals surface area (Å²) in [6, 6.07) is 17.2. The number of benzene rings is 3. The fourth-order valence-corrected chi connectivity index (χ4v) is 3.32. The molecule has 1 aliphatic heterocycles. The molecule has 32 heavy (non-hydrogen) atoms. The van der Waals surface area contributed by atoms with Gasteiger partial charge in [0.1, 0.15) is 24.8 Å². The summed E-state index contributed by atoms with van der Waals surface area (Å²) in [5, 5.41) is 2.88. The molecule has 1 heterocycles. The van der Waals surface area contributed by atoms with E-state index in [4.69, 9.17) is 14.2 Å². The predicted octanol–water partition coefficient (Wildman–Crippen LogP) is 4.08. The molecular weight excluding hydrogens is 413 g/mol. The SMILES string of the molecule is CC(NC(=O)COc1ccc(C(=O)c2ccc(F)cc2)cc1)c1ccc2c(c1)OCCO2. The maximum atomic E-state index is 13.0. The van der Waals surface area contributed by atoms with Gasteiger partial charge in [0.2, 0.25) is 0 Å². The van der Waals surface area contributed by atoms with E-state index in [1.165, 1.54) is 24.3 Å². The highest BCUT2D eigenvalue weighted by Gasteiger charge is 2.16. The smallest absolute Gasteiger partial charge is 0.258 e. The summed E-state index contributed by atoms with van der Waals surface area (Å²) in [6.45, 7) is 2.73. The third kappa shape index (κ3) is 5.06. The van der Waals surface area contributed by atoms with Crippen LogP contribution in [0.15, 0.2) is 66.7 Å². The summed E-state index contributed by atoms with van der Waals surface area (Å²) in [5.41, 5.74) is 1.74. The first-order valence-electron chi connectivity index (χ1n) is 10.2. The number of carbonyl (C=O) groups is 2. The van der Waals surface area contributed by atoms with E-state index in [-0.39, 0.29) is 24.3 Å². The number of amides is 1. The minimum Gasteiger partial charge on any atom is -0.486 e. The van der Waals surface area contributed by atoms with Gasteiger partial charge in [0.25, 0.3) is 5.91 Å². The van der Waals surface area contributed by atoms with Crippen LogP contribution in [-0.4, -0.2) is 31.5 Å². The van der Waals surface area contributed by atoms with Crippen LogP contribution in [-0.2, 0) is 4.79 Å². The molecule has 0 aromatic heterocycles. The number of ether oxygens (including phenoxy) is 3. The summed E-state index contributed by atoms with van der Waals surface area (Å²) in [4.78, 5) is 24.7. The number of hydrogen-bond donors (Lipinski definition) is 1. The Morgan fingerprint density at radius 2 is 1.56 bits per heavy atom. The molecule has 7 heteroatoms. The van der Waals surface area contributed by atoms with Crippen LogP contribution >= 0.6 is 0 Å². The second-order valence-corrected chi connectivity index (χ2v) is 7.34. The average Bonchev–Trinajstić information content (AvgIpc) is 2.83. The Labute approximate surface area is 184 Å². The molecule has 3 aromatic carbocycles. The van der Waals surface area contributed by atoms with Gasteiger partial charge in [0, 0.05) is 11.1 Å². The van der Waals surface area contributed by atoms with Crippen LogP contribution in [0.5, 0.6) is 17.2 Å². The van der Waals surface area contributed by atoms with E-state index in [1.807, 2.05) is 25.1 Å². The third-order valence-electron chi connectivity index (χ3n) is 5.04. The summed E-state index contributed by atoms with van der Waals surface area (Å²) < 4.78 is 29.7. The molecule has 6 nitrogen and oxygen atoms in total. The molecule has 4 rings (SSSR count). The van der Waals surface area contributed by atoms with Crippen molar-refractivity contribution in [2.24, 2.45) is 0 Å². The Balaban J connectivity index is 1.30. The molecule has 0 radical (unpaired) electrons. The van der Waals surface area contributed by atoms with E-state index in [0.29, 0.717) is 41.6 Å². The van der Waals surface area contributed by atoms with E-state index in [1.54, 1.807) is 24.3 Å². The lowest BCUT2D eigenvalue weighted by atomic mass is 10.0. The van der Waals surface area contributed by atoms with Gasteiger partial charge in [-0.25, -0.2) is 4.39 Å². The molecule has 1 atom stereocenters. The average molecular weight is 435 g/mol. The van der Waals surface area contributed by atoms with Crippen molar-refractivity contribution in [3.05, 3.63) is 89.2 Å². The van der Waals surface area contributed by atoms with Gasteiger partial charge in [-0.1, -0.05) is 6.07 Å². The van der Waals surface area contributed by atoms with Crippen molar-refractivity contribution in [2.45, 2.75) is 13.0 Å². The van der Waals surface area contributed by atoms with E-state index in [0.717, 1.165) is 5.56 Å². The van der Waals surface area contributed by atoms with E-state index in [2.05, 4.69) is 5.32 Å². The van der Waals surface area contributed by atoms with E-state index < -0.39 is 5.82 Å². The molecule has 0 saturated carbocycles. The minimum absolute atomic E-state index is 0.167. The monoisotopic (exact) mass is 435 g/mol. The molecule has 0 saturated heterocycles. The highest BCUT2D eigenvalue weighted by molar-refractivity contribution is 6.09. The van der Waals surface area contributed by atoms with Crippen molar-refractivity contribution in [1.29, 1.82) is 0 Å². The predicted molar refractivity (Wildman–Crippen MR) is 116 cm³/mol. The van der Waals surface area contributed by atoms with Crippen LogP contribution in [0.3, 0.4) is 0 Å². The molecule has 0 aliphatic carbocycles. The van der Waals surface area contributed by atoms with E-state index in [9.17, 15) is 14.0 Å². The highest BCUT2D eigenvalue weighted by atomic mass is 19.1. The largest absolute Gasteiger partial charge is 0.486 e. The second kappa shape index (κ2) is 9.51. The van der Waals surface area contributed by atoms with Gasteiger partial charge in [-0.2, -0.15) is 0 Å². The van der Waals surface area contributed by atoms with Crippen LogP contribution in [0.25, 0.3) is 0 Å². The highest BCUT2D eigenvalue weighted by Crippen LogP contribution is 2.32. The van der Waals surface area contributed by atoms with Crippen molar-refractivity contribution >= 4 is 11.7 Å². The lowest BCUT2D eigenvalue weighted by Crippen LogP contribution is -2.31. The summed E-state index contributed by atoms with van der Waals surface area (Å²) >= 11 is 0. The van der Waals surface area contributed by atoms with Crippen molar-refractivity contribution in [3.63, 3.8) is 0 Å². The summed E-state index contributed by atoms with van der Waals surface area (Å²) in [5.74, 6) is 0.931. The number of fused-ring (bicyclic) bond motifs is 1. The lowest BCUT2D eigenvalue weighted by Gasteiger charge is -2.21. The fraction of sp³-hybridized carbons (Fsp3) is 0.200. The van der Waals surface area contributed by atoms with Crippen molar-refractivity contribution in [2.75, 3.05) is 19.8 Å². The number of rotatable bonds is 7. The molecule has 3 aromatic rings. The molecule has 1 N–H and O–H groups in total. The number of halogens is 1. The number of nitrogens with one attached hydrogen (secondary N) is 1. The number of ketones is 1. The first-order chi connectivity index (χ1) is 15.5. The van der Waals surface area contributed by atoms with Crippen molar-refractivity contribution in [1.82, 2.24) is 5.32 Å². The summed E-state index contributed by atoms with van der Waals surface area (Å²) in [6.07, 6.45) is 0. The molecule has 0 fully saturated rings. The number of hydrogen-bond acceptors (Lipinski definition) is 5. The minimum atomic E-state index is -0.396. The van der Waals surface area contributed by atoms with Crippen LogP contribution in [0.4, 0.5) is 4.39 Å². The maximum Gasteiger partial charge on any atom is 0.258 e. The topological polar surface area (TPSA) is 73.9 Å². The third-order valence-corrected chi connectivity index (χ3v) is 5.04. The zero-order valence-electron chi connectivity index (χ0n) is 17.5. The first-order valence-corrected chi connectivity index (χ1v) is 10.2. The Morgan fingerprint density at radius 1 is 0.938 bits per heavy atom. The van der Waals surface area contributed by atoms with Gasteiger partial charge in [-0.3, -0.25) is 9.59 Å². The van der Waals surface area contributed by atoms with Gasteiger partial charge >= 0.3 is 0 Å². The zero-order chi connectivity index (χ0) is 22.5. The fourth-order valence-electron chi connectivity index (χ4n) is 3.32. The Kier molecular flexibility index (Phi) is 6.35. The molecule has 1 amide bonds. The van der Waals surface area contributed by atoms with Crippen LogP contribution in [0.1, 0.15) is 34.5 Å². The van der Waals surface area contributed by atoms with Gasteiger partial charge in [0.15, 0.2) is 23.9 Å². The van der Waals surface area contributed by atoms with Gasteiger partial charge in [-0.05, 0) is 73.2 Å². The Bertz CT molecular complexity index is 1110. The van der Waals surface area contributed by atoms with Crippen molar-refractivity contribution in [3.8, 4) is 17.2 Å². The van der Waals surface area contributed by atoms with Crippen molar-refractivity contribution < 1.29 is 28.2 Å². The van der Waals surface area contributed by atoms with Crippen LogP contribution < -0.4 is 19.5 Å². The zero-order valence-corrected chi connectivity index (χ0v) is 17.5. The molecule has 1 unspecified atom stereocenters. The van der Waals surface area contributed by atoms with E-state index >= 15 is 0 Å². The van der Waals surface area contributed by atoms with Crippen LogP contribution in [0.2, 0.25) is 0 Å². The van der Waals surface area contributed by atoms with Crippen LogP contribution in [0, 0.1) is 5.82 Å². The Hall–Kier alpha value is -3.87. The maximum absolute atomic E-state index is 13.0. The quantitative estimate of drug-likeness (QED) is 0.566. The molecule has 1 aliphatic rings.